The molecular weight excluding hydrogens is 376 g/mol. The van der Waals surface area contributed by atoms with E-state index in [1.807, 2.05) is 0 Å². The maximum Gasteiger partial charge on any atom is 0.308 e. The minimum Gasteiger partial charge on any atom is -0.495 e. The molecule has 2 fully saturated rings. The molecule has 0 radical (unpaired) electrons. The molecule has 0 spiro atoms. The SMILES string of the molecule is COc1ccccc1NC(=O)[C@H](C)OC(=O)CCN1C(=O)[C@H]2CCCC[C@@H]2C1=O. The molecule has 1 aliphatic carbocycles. The lowest BCUT2D eigenvalue weighted by Crippen LogP contribution is -2.35. The highest BCUT2D eigenvalue weighted by Crippen LogP contribution is 2.38. The molecule has 0 unspecified atom stereocenters. The fraction of sp³-hybridized carbons (Fsp3) is 0.524. The average molecular weight is 402 g/mol. The number of carbonyl (C=O) groups excluding carboxylic acids is 4. The summed E-state index contributed by atoms with van der Waals surface area (Å²) in [7, 11) is 1.49. The van der Waals surface area contributed by atoms with Crippen LogP contribution in [-0.4, -0.2) is 48.3 Å². The Balaban J connectivity index is 1.49. The van der Waals surface area contributed by atoms with Crippen molar-refractivity contribution >= 4 is 29.4 Å². The van der Waals surface area contributed by atoms with Gasteiger partial charge < -0.3 is 14.8 Å². The molecule has 1 aromatic carbocycles. The molecule has 1 saturated heterocycles. The molecule has 0 aromatic heterocycles. The zero-order chi connectivity index (χ0) is 21.0. The monoisotopic (exact) mass is 402 g/mol. The van der Waals surface area contributed by atoms with Crippen molar-refractivity contribution in [2.45, 2.75) is 45.1 Å². The van der Waals surface area contributed by atoms with Crippen LogP contribution in [0.25, 0.3) is 0 Å². The Kier molecular flexibility index (Phi) is 6.51. The van der Waals surface area contributed by atoms with Gasteiger partial charge in [-0.25, -0.2) is 0 Å². The van der Waals surface area contributed by atoms with E-state index in [-0.39, 0.29) is 36.6 Å². The summed E-state index contributed by atoms with van der Waals surface area (Å²) >= 11 is 0. The number of benzene rings is 1. The summed E-state index contributed by atoms with van der Waals surface area (Å²) in [5.41, 5.74) is 0.471. The van der Waals surface area contributed by atoms with Gasteiger partial charge in [0.15, 0.2) is 6.10 Å². The Morgan fingerprint density at radius 2 is 1.76 bits per heavy atom. The lowest BCUT2D eigenvalue weighted by Gasteiger charge is -2.19. The topological polar surface area (TPSA) is 102 Å². The van der Waals surface area contributed by atoms with E-state index >= 15 is 0 Å². The summed E-state index contributed by atoms with van der Waals surface area (Å²) in [6.45, 7) is 1.45. The molecule has 2 aliphatic rings. The number of rotatable bonds is 7. The van der Waals surface area contributed by atoms with Crippen LogP contribution in [0.3, 0.4) is 0 Å². The number of carbonyl (C=O) groups is 4. The van der Waals surface area contributed by atoms with Crippen LogP contribution in [0.2, 0.25) is 0 Å². The normalized spacial score (nSPS) is 22.1. The van der Waals surface area contributed by atoms with E-state index in [4.69, 9.17) is 9.47 Å². The third kappa shape index (κ3) is 4.58. The second-order valence-electron chi connectivity index (χ2n) is 7.40. The highest BCUT2D eigenvalue weighted by molar-refractivity contribution is 6.05. The third-order valence-electron chi connectivity index (χ3n) is 5.51. The van der Waals surface area contributed by atoms with Gasteiger partial charge in [0.1, 0.15) is 5.75 Å². The molecule has 1 aromatic rings. The zero-order valence-electron chi connectivity index (χ0n) is 16.7. The van der Waals surface area contributed by atoms with Gasteiger partial charge in [0.05, 0.1) is 31.1 Å². The van der Waals surface area contributed by atoms with Crippen LogP contribution < -0.4 is 10.1 Å². The third-order valence-corrected chi connectivity index (χ3v) is 5.51. The quantitative estimate of drug-likeness (QED) is 0.554. The Labute approximate surface area is 169 Å². The number of methoxy groups -OCH3 is 1. The van der Waals surface area contributed by atoms with E-state index < -0.39 is 18.0 Å². The second-order valence-corrected chi connectivity index (χ2v) is 7.40. The zero-order valence-corrected chi connectivity index (χ0v) is 16.7. The summed E-state index contributed by atoms with van der Waals surface area (Å²) in [5, 5.41) is 2.65. The molecule has 29 heavy (non-hydrogen) atoms. The number of esters is 1. The number of likely N-dealkylation sites (tertiary alicyclic amines) is 1. The molecule has 8 heteroatoms. The van der Waals surface area contributed by atoms with Crippen molar-refractivity contribution < 1.29 is 28.7 Å². The number of anilines is 1. The number of ether oxygens (including phenoxy) is 2. The fourth-order valence-electron chi connectivity index (χ4n) is 3.95. The van der Waals surface area contributed by atoms with E-state index in [1.165, 1.54) is 18.9 Å². The van der Waals surface area contributed by atoms with Gasteiger partial charge in [-0.1, -0.05) is 25.0 Å². The standard InChI is InChI=1S/C21H26N2O6/c1-13(19(25)22-16-9-5-6-10-17(16)28-2)29-18(24)11-12-23-20(26)14-7-3-4-8-15(14)21(23)27/h5-6,9-10,13-15H,3-4,7-8,11-12H2,1-2H3,(H,22,25)/t13-,14-,15-/m0/s1. The van der Waals surface area contributed by atoms with Gasteiger partial charge >= 0.3 is 5.97 Å². The average Bonchev–Trinajstić information content (AvgIpc) is 2.97. The van der Waals surface area contributed by atoms with Gasteiger partial charge in [0, 0.05) is 6.54 Å². The predicted octanol–water partition coefficient (Wildman–Crippen LogP) is 2.13. The summed E-state index contributed by atoms with van der Waals surface area (Å²) in [5.74, 6) is -1.49. The molecule has 156 valence electrons. The van der Waals surface area contributed by atoms with Crippen LogP contribution in [0.1, 0.15) is 39.0 Å². The van der Waals surface area contributed by atoms with E-state index in [0.29, 0.717) is 11.4 Å². The predicted molar refractivity (Wildman–Crippen MR) is 104 cm³/mol. The molecule has 8 nitrogen and oxygen atoms in total. The fourth-order valence-corrected chi connectivity index (χ4v) is 3.95. The molecule has 3 amide bonds. The van der Waals surface area contributed by atoms with Crippen LogP contribution >= 0.6 is 0 Å². The molecule has 1 aliphatic heterocycles. The van der Waals surface area contributed by atoms with Gasteiger partial charge in [-0.05, 0) is 31.9 Å². The summed E-state index contributed by atoms with van der Waals surface area (Å²) in [4.78, 5) is 50.5. The maximum absolute atomic E-state index is 12.4. The van der Waals surface area contributed by atoms with Crippen LogP contribution in [0.5, 0.6) is 5.75 Å². The van der Waals surface area contributed by atoms with Crippen LogP contribution in [0, 0.1) is 11.8 Å². The summed E-state index contributed by atoms with van der Waals surface area (Å²) in [6, 6.07) is 6.90. The largest absolute Gasteiger partial charge is 0.495 e. The molecule has 0 bridgehead atoms. The van der Waals surface area contributed by atoms with Gasteiger partial charge in [0.25, 0.3) is 5.91 Å². The molecule has 1 heterocycles. The van der Waals surface area contributed by atoms with Gasteiger partial charge in [-0.15, -0.1) is 0 Å². The number of fused-ring (bicyclic) bond motifs is 1. The highest BCUT2D eigenvalue weighted by atomic mass is 16.5. The highest BCUT2D eigenvalue weighted by Gasteiger charge is 2.47. The maximum atomic E-state index is 12.4. The first-order chi connectivity index (χ1) is 13.9. The van der Waals surface area contributed by atoms with Crippen molar-refractivity contribution in [2.75, 3.05) is 19.0 Å². The first-order valence-corrected chi connectivity index (χ1v) is 9.91. The lowest BCUT2D eigenvalue weighted by atomic mass is 9.81. The van der Waals surface area contributed by atoms with Crippen LogP contribution in [0.4, 0.5) is 5.69 Å². The lowest BCUT2D eigenvalue weighted by molar-refractivity contribution is -0.154. The van der Waals surface area contributed by atoms with Crippen LogP contribution in [-0.2, 0) is 23.9 Å². The Morgan fingerprint density at radius 3 is 2.38 bits per heavy atom. The Hall–Kier alpha value is -2.90. The van der Waals surface area contributed by atoms with Gasteiger partial charge in [0.2, 0.25) is 11.8 Å². The second kappa shape index (κ2) is 9.07. The molecule has 1 N–H and O–H groups in total. The number of nitrogens with zero attached hydrogens (tertiary/aromatic N) is 1. The molecule has 3 rings (SSSR count). The van der Waals surface area contributed by atoms with Crippen molar-refractivity contribution in [2.24, 2.45) is 11.8 Å². The van der Waals surface area contributed by atoms with E-state index in [9.17, 15) is 19.2 Å². The van der Waals surface area contributed by atoms with Gasteiger partial charge in [-0.3, -0.25) is 24.1 Å². The summed E-state index contributed by atoms with van der Waals surface area (Å²) in [6.07, 6.45) is 2.21. The molecule has 3 atom stereocenters. The molecular formula is C21H26N2O6. The number of hydrogen-bond acceptors (Lipinski definition) is 6. The number of amides is 3. The van der Waals surface area contributed by atoms with Crippen molar-refractivity contribution in [1.29, 1.82) is 0 Å². The van der Waals surface area contributed by atoms with Crippen molar-refractivity contribution in [3.05, 3.63) is 24.3 Å². The van der Waals surface area contributed by atoms with Crippen LogP contribution in [0.15, 0.2) is 24.3 Å². The number of para-hydroxylation sites is 2. The Bertz CT molecular complexity index is 784. The van der Waals surface area contributed by atoms with E-state index in [1.54, 1.807) is 24.3 Å². The Morgan fingerprint density at radius 1 is 1.14 bits per heavy atom. The van der Waals surface area contributed by atoms with E-state index in [0.717, 1.165) is 25.7 Å². The van der Waals surface area contributed by atoms with Crippen molar-refractivity contribution in [1.82, 2.24) is 4.90 Å². The summed E-state index contributed by atoms with van der Waals surface area (Å²) < 4.78 is 10.3. The van der Waals surface area contributed by atoms with Crippen molar-refractivity contribution in [3.63, 3.8) is 0 Å². The number of hydrogen-bond donors (Lipinski definition) is 1. The first-order valence-electron chi connectivity index (χ1n) is 9.91. The minimum atomic E-state index is -1.03. The molecule has 1 saturated carbocycles. The van der Waals surface area contributed by atoms with Crippen molar-refractivity contribution in [3.8, 4) is 5.75 Å². The van der Waals surface area contributed by atoms with Gasteiger partial charge in [-0.2, -0.15) is 0 Å². The first kappa shape index (κ1) is 20.8. The minimum absolute atomic E-state index is 0.00958. The van der Waals surface area contributed by atoms with E-state index in [2.05, 4.69) is 5.32 Å². The number of nitrogens with one attached hydrogen (secondary N) is 1. The number of imide groups is 1. The smallest absolute Gasteiger partial charge is 0.308 e.